The third-order valence-corrected chi connectivity index (χ3v) is 21.6. The lowest BCUT2D eigenvalue weighted by Gasteiger charge is -2.41. The van der Waals surface area contributed by atoms with E-state index in [-0.39, 0.29) is 69.2 Å². The van der Waals surface area contributed by atoms with Gasteiger partial charge in [-0.25, -0.2) is 0 Å². The van der Waals surface area contributed by atoms with Crippen molar-refractivity contribution in [2.24, 2.45) is 23.7 Å². The summed E-state index contributed by atoms with van der Waals surface area (Å²) in [6.45, 7) is 6.45. The number of hydrogen-bond acceptors (Lipinski definition) is 12. The molecule has 6 fully saturated rings. The Bertz CT molecular complexity index is 3080. The number of alkyl halides is 3. The van der Waals surface area contributed by atoms with Crippen LogP contribution in [0.4, 0.5) is 13.2 Å². The maximum absolute atomic E-state index is 15.4. The second kappa shape index (κ2) is 34.3. The Labute approximate surface area is 580 Å². The van der Waals surface area contributed by atoms with E-state index in [1.165, 1.54) is 79.9 Å². The number of benzene rings is 1. The summed E-state index contributed by atoms with van der Waals surface area (Å²) in [6, 6.07) is -5.47. The molecule has 28 heteroatoms. The number of carbonyl (C=O) groups is 12. The Morgan fingerprint density at radius 2 is 1.24 bits per heavy atom. The summed E-state index contributed by atoms with van der Waals surface area (Å²) in [4.78, 5) is 189. The Morgan fingerprint density at radius 3 is 1.85 bits per heavy atom. The van der Waals surface area contributed by atoms with Crippen molar-refractivity contribution in [2.45, 2.75) is 223 Å². The Balaban J connectivity index is 1.26. The van der Waals surface area contributed by atoms with Crippen LogP contribution in [0.15, 0.2) is 18.2 Å². The van der Waals surface area contributed by atoms with Gasteiger partial charge in [-0.05, 0) is 125 Å². The highest BCUT2D eigenvalue weighted by molar-refractivity contribution is 6.31. The Kier molecular flexibility index (Phi) is 27.4. The number of aryl methyl sites for hydroxylation is 1. The zero-order valence-corrected chi connectivity index (χ0v) is 60.1. The molecule has 0 aromatic heterocycles. The van der Waals surface area contributed by atoms with Gasteiger partial charge in [-0.1, -0.05) is 96.7 Å². The van der Waals surface area contributed by atoms with Crippen molar-refractivity contribution in [2.75, 3.05) is 88.6 Å². The van der Waals surface area contributed by atoms with Crippen LogP contribution in [0, 0.1) is 23.7 Å². The molecule has 1 aromatic rings. The fourth-order valence-corrected chi connectivity index (χ4v) is 15.1. The zero-order chi connectivity index (χ0) is 72.2. The predicted molar refractivity (Wildman–Crippen MR) is 360 cm³/mol. The number of rotatable bonds is 11. The van der Waals surface area contributed by atoms with Crippen LogP contribution >= 0.6 is 11.6 Å². The number of amides is 12. The van der Waals surface area contributed by atoms with Gasteiger partial charge < -0.3 is 60.0 Å². The number of nitrogens with zero attached hydrogens (tertiary/aromatic N) is 9. The van der Waals surface area contributed by atoms with Gasteiger partial charge in [0, 0.05) is 69.0 Å². The number of carbonyl (C=O) groups excluding carboxylic acids is 12. The maximum Gasteiger partial charge on any atom is 0.417 e. The summed E-state index contributed by atoms with van der Waals surface area (Å²) in [5.74, 6) is -8.69. The lowest BCUT2D eigenvalue weighted by Crippen LogP contribution is -2.64. The van der Waals surface area contributed by atoms with E-state index in [1.54, 1.807) is 11.8 Å². The molecular formula is C70H106ClF3N12O12. The molecule has 12 amide bonds. The van der Waals surface area contributed by atoms with Crippen molar-refractivity contribution in [3.05, 3.63) is 34.3 Å². The van der Waals surface area contributed by atoms with Gasteiger partial charge in [0.1, 0.15) is 47.8 Å². The average Bonchev–Trinajstić information content (AvgIpc) is 1.59. The van der Waals surface area contributed by atoms with Crippen LogP contribution in [0.1, 0.15) is 174 Å². The Morgan fingerprint density at radius 1 is 0.633 bits per heavy atom. The van der Waals surface area contributed by atoms with Crippen LogP contribution in [0.3, 0.4) is 0 Å². The highest BCUT2D eigenvalue weighted by Crippen LogP contribution is 2.40. The summed E-state index contributed by atoms with van der Waals surface area (Å²) in [6.07, 6.45) is 4.75. The zero-order valence-electron chi connectivity index (χ0n) is 59.3. The highest BCUT2D eigenvalue weighted by atomic mass is 35.5. The first-order valence-electron chi connectivity index (χ1n) is 35.4. The molecule has 3 aliphatic heterocycles. The fraction of sp³-hybridized carbons (Fsp3) is 0.743. The minimum absolute atomic E-state index is 0.0210. The highest BCUT2D eigenvalue weighted by Gasteiger charge is 2.53. The summed E-state index contributed by atoms with van der Waals surface area (Å²) in [7, 11) is 9.94. The molecule has 0 radical (unpaired) electrons. The molecule has 98 heavy (non-hydrogen) atoms. The van der Waals surface area contributed by atoms with Gasteiger partial charge in [-0.3, -0.25) is 57.5 Å². The Hall–Kier alpha value is -7.06. The van der Waals surface area contributed by atoms with Crippen molar-refractivity contribution in [1.82, 2.24) is 60.0 Å². The van der Waals surface area contributed by atoms with Crippen molar-refractivity contribution in [1.29, 1.82) is 0 Å². The van der Waals surface area contributed by atoms with E-state index in [0.29, 0.717) is 70.0 Å². The minimum Gasteiger partial charge on any atom is -0.343 e. The average molecular weight is 1400 g/mol. The quantitative estimate of drug-likeness (QED) is 0.256. The van der Waals surface area contributed by atoms with Crippen molar-refractivity contribution < 1.29 is 70.7 Å². The monoisotopic (exact) mass is 1400 g/mol. The summed E-state index contributed by atoms with van der Waals surface area (Å²) < 4.78 is 41.5. The summed E-state index contributed by atoms with van der Waals surface area (Å²) in [5, 5.41) is 8.12. The summed E-state index contributed by atoms with van der Waals surface area (Å²) >= 11 is 6.14. The molecule has 0 bridgehead atoms. The molecule has 3 heterocycles. The SMILES string of the molecule is CC[C@H](C)[C@@H]1NC(=O)[C@H](CC(C)C)N(C)C(=O)C[C@@H](C(=O)N2CCCCC2)N(C)C(=O)[C@H](C2CC2)N(C)C(=O)C2(CCCC2)NC(=O)C2CCCN2C(=O)[C@H](CCc2ccc(C(F)(F)F)c(Cl)c2)NC(=O)CN(C)C(=O)[C@H](CC2CCCCC2)N(C)C(=O)CN(C)C(=O)CN(C)C1=O. The van der Waals surface area contributed by atoms with Crippen molar-refractivity contribution >= 4 is 82.5 Å². The van der Waals surface area contributed by atoms with Crippen LogP contribution in [0.2, 0.25) is 5.02 Å². The molecule has 7 rings (SSSR count). The first kappa shape index (κ1) is 78.3. The van der Waals surface area contributed by atoms with Crippen LogP contribution in [-0.2, 0) is 70.1 Å². The van der Waals surface area contributed by atoms with E-state index in [2.05, 4.69) is 16.0 Å². The molecule has 3 saturated heterocycles. The van der Waals surface area contributed by atoms with Crippen LogP contribution in [0.25, 0.3) is 0 Å². The normalized spacial score (nSPS) is 26.9. The number of hydrogen-bond donors (Lipinski definition) is 3. The number of piperidine rings is 1. The minimum atomic E-state index is -4.76. The first-order chi connectivity index (χ1) is 46.2. The second-order valence-electron chi connectivity index (χ2n) is 29.1. The van der Waals surface area contributed by atoms with Crippen LogP contribution in [-0.4, -0.2) is 251 Å². The largest absolute Gasteiger partial charge is 0.417 e. The molecule has 8 atom stereocenters. The standard InChI is InChI=1S/C70H106ClF3N12O12/c1-12-44(4)59-66(96)80(7)41-57(89)78(5)42-58(90)82(9)53(38-45-22-15-13-16-23-45)64(94)79(6)40-55(87)75-50(30-26-46-25-29-48(49(71)37-46)70(72,73)74)63(93)86-35-21-24-51(86)62(92)77-69(31-17-18-32-69)68(98)84(11)60(47-27-28-47)67(97)83(10)54(65(95)85-33-19-14-20-34-85)39-56(88)81(8)52(36-43(2)3)61(91)76-59/h25,29,37,43-45,47,50-54,59-60H,12-24,26-28,30-36,38-42H2,1-11H3,(H,75,87)(H,76,91)(H,77,92)/t44-,50-,51?,52-,53-,54-,59-,60-/m0/s1. The molecule has 6 aliphatic rings. The van der Waals surface area contributed by atoms with Gasteiger partial charge in [-0.15, -0.1) is 0 Å². The molecule has 3 aliphatic carbocycles. The molecular weight excluding hydrogens is 1290 g/mol. The molecule has 1 aromatic carbocycles. The van der Waals surface area contributed by atoms with Gasteiger partial charge in [0.05, 0.1) is 36.6 Å². The van der Waals surface area contributed by atoms with Crippen molar-refractivity contribution in [3.63, 3.8) is 0 Å². The molecule has 24 nitrogen and oxygen atoms in total. The lowest BCUT2D eigenvalue weighted by atomic mass is 9.84. The third-order valence-electron chi connectivity index (χ3n) is 21.3. The third kappa shape index (κ3) is 19.5. The van der Waals surface area contributed by atoms with Gasteiger partial charge in [0.25, 0.3) is 0 Å². The van der Waals surface area contributed by atoms with E-state index in [4.69, 9.17) is 11.6 Å². The van der Waals surface area contributed by atoms with E-state index in [1.807, 2.05) is 20.8 Å². The van der Waals surface area contributed by atoms with E-state index < -0.39 is 167 Å². The van der Waals surface area contributed by atoms with Crippen LogP contribution < -0.4 is 16.0 Å². The van der Waals surface area contributed by atoms with E-state index in [0.717, 1.165) is 65.4 Å². The fourth-order valence-electron chi connectivity index (χ4n) is 14.8. The molecule has 3 N–H and O–H groups in total. The summed E-state index contributed by atoms with van der Waals surface area (Å²) in [5.41, 5.74) is -2.32. The van der Waals surface area contributed by atoms with Gasteiger partial charge in [-0.2, -0.15) is 13.2 Å². The maximum atomic E-state index is 15.4. The molecule has 1 unspecified atom stereocenters. The van der Waals surface area contributed by atoms with Gasteiger partial charge >= 0.3 is 6.18 Å². The van der Waals surface area contributed by atoms with Crippen LogP contribution in [0.5, 0.6) is 0 Å². The molecule has 546 valence electrons. The lowest BCUT2D eigenvalue weighted by molar-refractivity contribution is -0.155. The second-order valence-corrected chi connectivity index (χ2v) is 29.5. The molecule has 3 saturated carbocycles. The number of likely N-dealkylation sites (tertiary alicyclic amines) is 1. The van der Waals surface area contributed by atoms with E-state index in [9.17, 15) is 51.5 Å². The van der Waals surface area contributed by atoms with E-state index >= 15 is 19.2 Å². The number of nitrogens with one attached hydrogen (secondary N) is 3. The molecule has 1 spiro atoms. The smallest absolute Gasteiger partial charge is 0.343 e. The van der Waals surface area contributed by atoms with Gasteiger partial charge in [0.2, 0.25) is 70.9 Å². The number of fused-ring (bicyclic) bond motifs is 1. The van der Waals surface area contributed by atoms with Gasteiger partial charge in [0.15, 0.2) is 0 Å². The predicted octanol–water partition coefficient (Wildman–Crippen LogP) is 5.25. The number of halogens is 4. The topological polar surface area (TPSA) is 270 Å². The van der Waals surface area contributed by atoms with Crippen molar-refractivity contribution in [3.8, 4) is 0 Å². The number of likely N-dealkylation sites (N-methyl/N-ethyl adjacent to an activating group) is 7. The first-order valence-corrected chi connectivity index (χ1v) is 35.7.